The van der Waals surface area contributed by atoms with Gasteiger partial charge in [0, 0.05) is 17.1 Å². The van der Waals surface area contributed by atoms with Crippen LogP contribution in [0, 0.1) is 0 Å². The van der Waals surface area contributed by atoms with Crippen molar-refractivity contribution in [3.63, 3.8) is 0 Å². The summed E-state index contributed by atoms with van der Waals surface area (Å²) >= 11 is 1.61. The maximum absolute atomic E-state index is 13.4. The highest BCUT2D eigenvalue weighted by molar-refractivity contribution is 7.98. The Hall–Kier alpha value is -2.97. The Kier molecular flexibility index (Phi) is 5.93. The van der Waals surface area contributed by atoms with Gasteiger partial charge in [-0.15, -0.1) is 11.8 Å². The molecule has 1 aliphatic rings. The molecule has 0 unspecified atom stereocenters. The average molecular weight is 455 g/mol. The first-order valence-corrected chi connectivity index (χ1v) is 12.3. The maximum Gasteiger partial charge on any atom is 0.264 e. The van der Waals surface area contributed by atoms with Gasteiger partial charge in [-0.05, 0) is 66.8 Å². The molecule has 0 saturated heterocycles. The van der Waals surface area contributed by atoms with E-state index in [0.29, 0.717) is 30.1 Å². The van der Waals surface area contributed by atoms with Crippen molar-refractivity contribution >= 4 is 39.1 Å². The minimum absolute atomic E-state index is 0.0490. The van der Waals surface area contributed by atoms with Crippen molar-refractivity contribution < 1.29 is 17.9 Å². The van der Waals surface area contributed by atoms with Crippen molar-refractivity contribution in [2.75, 3.05) is 29.5 Å². The molecule has 0 aromatic heterocycles. The van der Waals surface area contributed by atoms with Gasteiger partial charge in [0.1, 0.15) is 5.75 Å². The van der Waals surface area contributed by atoms with E-state index in [9.17, 15) is 13.2 Å². The molecule has 0 saturated carbocycles. The zero-order chi connectivity index (χ0) is 22.0. The van der Waals surface area contributed by atoms with Crippen molar-refractivity contribution in [3.05, 3.63) is 77.9 Å². The fourth-order valence-electron chi connectivity index (χ4n) is 3.58. The zero-order valence-electron chi connectivity index (χ0n) is 17.2. The van der Waals surface area contributed by atoms with Gasteiger partial charge < -0.3 is 10.1 Å². The van der Waals surface area contributed by atoms with E-state index in [1.54, 1.807) is 30.0 Å². The van der Waals surface area contributed by atoms with Gasteiger partial charge >= 0.3 is 0 Å². The van der Waals surface area contributed by atoms with Gasteiger partial charge in [-0.25, -0.2) is 8.42 Å². The van der Waals surface area contributed by atoms with Crippen molar-refractivity contribution in [3.8, 4) is 5.75 Å². The number of carbonyl (C=O) groups excluding carboxylic acids is 1. The van der Waals surface area contributed by atoms with Crippen LogP contribution in [0.3, 0.4) is 0 Å². The third-order valence-electron chi connectivity index (χ3n) is 5.20. The maximum atomic E-state index is 13.4. The molecule has 1 heterocycles. The molecule has 3 aromatic rings. The Morgan fingerprint density at radius 3 is 2.52 bits per heavy atom. The Bertz CT molecular complexity index is 1220. The molecule has 0 atom stereocenters. The summed E-state index contributed by atoms with van der Waals surface area (Å²) in [5.74, 6) is -0.133. The van der Waals surface area contributed by atoms with Crippen molar-refractivity contribution in [1.29, 1.82) is 0 Å². The highest BCUT2D eigenvalue weighted by atomic mass is 32.2. The van der Waals surface area contributed by atoms with Crippen LogP contribution < -0.4 is 14.4 Å². The van der Waals surface area contributed by atoms with Gasteiger partial charge in [-0.1, -0.05) is 18.2 Å². The van der Waals surface area contributed by atoms with Gasteiger partial charge in [-0.2, -0.15) is 0 Å². The van der Waals surface area contributed by atoms with Crippen LogP contribution in [0.25, 0.3) is 0 Å². The number of anilines is 2. The number of carbonyl (C=O) groups is 1. The van der Waals surface area contributed by atoms with Crippen LogP contribution in [-0.2, 0) is 16.4 Å². The molecule has 6 nitrogen and oxygen atoms in total. The number of sulfonamides is 1. The summed E-state index contributed by atoms with van der Waals surface area (Å²) in [7, 11) is -2.37. The summed E-state index contributed by atoms with van der Waals surface area (Å²) in [4.78, 5) is 14.1. The molecular formula is C23H22N2O4S2. The molecule has 31 heavy (non-hydrogen) atoms. The number of amides is 1. The van der Waals surface area contributed by atoms with Crippen molar-refractivity contribution in [1.82, 2.24) is 0 Å². The summed E-state index contributed by atoms with van der Waals surface area (Å²) in [5, 5.41) is 2.81. The van der Waals surface area contributed by atoms with E-state index in [2.05, 4.69) is 5.32 Å². The van der Waals surface area contributed by atoms with Crippen LogP contribution in [0.2, 0.25) is 0 Å². The highest BCUT2D eigenvalue weighted by Crippen LogP contribution is 2.34. The summed E-state index contributed by atoms with van der Waals surface area (Å²) in [5.41, 5.74) is 2.45. The second-order valence-corrected chi connectivity index (χ2v) is 9.74. The van der Waals surface area contributed by atoms with E-state index >= 15 is 0 Å². The number of methoxy groups -OCH3 is 1. The lowest BCUT2D eigenvalue weighted by Gasteiger charge is -2.20. The predicted molar refractivity (Wildman–Crippen MR) is 124 cm³/mol. The molecule has 1 aliphatic heterocycles. The van der Waals surface area contributed by atoms with Crippen molar-refractivity contribution in [2.45, 2.75) is 16.2 Å². The number of para-hydroxylation sites is 1. The molecule has 4 rings (SSSR count). The van der Waals surface area contributed by atoms with Crippen LogP contribution in [-0.4, -0.2) is 34.2 Å². The third kappa shape index (κ3) is 4.13. The molecule has 0 bridgehead atoms. The molecule has 0 aliphatic carbocycles. The van der Waals surface area contributed by atoms with E-state index < -0.39 is 15.9 Å². The number of thioether (sulfide) groups is 1. The monoisotopic (exact) mass is 454 g/mol. The average Bonchev–Trinajstić information content (AvgIpc) is 3.24. The fourth-order valence-corrected chi connectivity index (χ4v) is 5.52. The third-order valence-corrected chi connectivity index (χ3v) is 7.75. The normalized spacial score (nSPS) is 13.0. The Balaban J connectivity index is 1.66. The summed E-state index contributed by atoms with van der Waals surface area (Å²) in [6.45, 7) is 0.372. The van der Waals surface area contributed by atoms with Crippen LogP contribution in [0.4, 0.5) is 11.4 Å². The van der Waals surface area contributed by atoms with Crippen LogP contribution in [0.5, 0.6) is 5.75 Å². The van der Waals surface area contributed by atoms with Gasteiger partial charge in [0.25, 0.3) is 15.9 Å². The SMILES string of the molecule is COc1ccc(S(=O)(=O)N2CCc3ccccc32)cc1C(=O)Nc1ccc(SC)cc1. The van der Waals surface area contributed by atoms with E-state index in [4.69, 9.17) is 4.74 Å². The number of fused-ring (bicyclic) bond motifs is 1. The number of nitrogens with one attached hydrogen (secondary N) is 1. The first kappa shape index (κ1) is 21.3. The molecule has 3 aromatic carbocycles. The van der Waals surface area contributed by atoms with E-state index in [1.807, 2.05) is 36.6 Å². The number of ether oxygens (including phenoxy) is 1. The standard InChI is InChI=1S/C23H22N2O4S2/c1-29-22-12-11-19(31(27,28)25-14-13-16-5-3-4-6-21(16)25)15-20(22)23(26)24-17-7-9-18(30-2)10-8-17/h3-12,15H,13-14H2,1-2H3,(H,24,26). The number of rotatable bonds is 6. The molecule has 1 N–H and O–H groups in total. The topological polar surface area (TPSA) is 75.7 Å². The van der Waals surface area contributed by atoms with Crippen LogP contribution in [0.1, 0.15) is 15.9 Å². The highest BCUT2D eigenvalue weighted by Gasteiger charge is 2.31. The molecule has 0 radical (unpaired) electrons. The zero-order valence-corrected chi connectivity index (χ0v) is 18.8. The Labute approximate surface area is 186 Å². The number of benzene rings is 3. The molecular weight excluding hydrogens is 432 g/mol. The number of hydrogen-bond donors (Lipinski definition) is 1. The Morgan fingerprint density at radius 2 is 1.81 bits per heavy atom. The predicted octanol–water partition coefficient (Wildman–Crippen LogP) is 4.42. The van der Waals surface area contributed by atoms with E-state index in [1.165, 1.54) is 29.6 Å². The molecule has 0 spiro atoms. The largest absolute Gasteiger partial charge is 0.496 e. The summed E-state index contributed by atoms with van der Waals surface area (Å²) in [6.07, 6.45) is 2.63. The lowest BCUT2D eigenvalue weighted by atomic mass is 10.2. The Morgan fingerprint density at radius 1 is 1.06 bits per heavy atom. The summed E-state index contributed by atoms with van der Waals surface area (Å²) < 4.78 is 33.4. The lowest BCUT2D eigenvalue weighted by molar-refractivity contribution is 0.102. The lowest BCUT2D eigenvalue weighted by Crippen LogP contribution is -2.29. The smallest absolute Gasteiger partial charge is 0.264 e. The second kappa shape index (κ2) is 8.64. The van der Waals surface area contributed by atoms with Gasteiger partial charge in [0.05, 0.1) is 23.3 Å². The molecule has 8 heteroatoms. The second-order valence-electron chi connectivity index (χ2n) is 7.00. The van der Waals surface area contributed by atoms with Gasteiger partial charge in [0.2, 0.25) is 0 Å². The summed E-state index contributed by atoms with van der Waals surface area (Å²) in [6, 6.07) is 19.2. The van der Waals surface area contributed by atoms with E-state index in [0.717, 1.165) is 10.5 Å². The quantitative estimate of drug-likeness (QED) is 0.558. The minimum Gasteiger partial charge on any atom is -0.496 e. The van der Waals surface area contributed by atoms with Gasteiger partial charge in [0.15, 0.2) is 0 Å². The number of hydrogen-bond acceptors (Lipinski definition) is 5. The first-order valence-electron chi connectivity index (χ1n) is 9.68. The van der Waals surface area contributed by atoms with Crippen LogP contribution >= 0.6 is 11.8 Å². The minimum atomic E-state index is -3.82. The van der Waals surface area contributed by atoms with Crippen LogP contribution in [0.15, 0.2) is 76.5 Å². The fraction of sp³-hybridized carbons (Fsp3) is 0.174. The molecule has 1 amide bonds. The van der Waals surface area contributed by atoms with Crippen molar-refractivity contribution in [2.24, 2.45) is 0 Å². The number of nitrogens with zero attached hydrogens (tertiary/aromatic N) is 1. The molecule has 0 fully saturated rings. The first-order chi connectivity index (χ1) is 14.9. The van der Waals surface area contributed by atoms with Gasteiger partial charge in [-0.3, -0.25) is 9.10 Å². The molecule has 160 valence electrons. The van der Waals surface area contributed by atoms with E-state index in [-0.39, 0.29) is 10.5 Å².